The molecule has 0 radical (unpaired) electrons. The van der Waals surface area contributed by atoms with Crippen molar-refractivity contribution in [3.05, 3.63) is 0 Å². The lowest BCUT2D eigenvalue weighted by molar-refractivity contribution is -0.0973. The summed E-state index contributed by atoms with van der Waals surface area (Å²) in [5.41, 5.74) is 0. The van der Waals surface area contributed by atoms with Gasteiger partial charge < -0.3 is 14.6 Å². The fourth-order valence-electron chi connectivity index (χ4n) is 4.38. The zero-order valence-corrected chi connectivity index (χ0v) is 11.9. The van der Waals surface area contributed by atoms with Gasteiger partial charge in [0, 0.05) is 12.5 Å². The van der Waals surface area contributed by atoms with Gasteiger partial charge in [0.1, 0.15) is 0 Å². The summed E-state index contributed by atoms with van der Waals surface area (Å²) in [5, 5.41) is 9.22. The standard InChI is InChI=1S/C16H28O3/c17-11-12-1-3-13(4-2-12)14-5-7-15(8-6-14)16-18-9-10-19-16/h12-17H,1-11H2/t12-,13-,14-,15-. The molecule has 3 heteroatoms. The lowest BCUT2D eigenvalue weighted by Gasteiger charge is -2.38. The van der Waals surface area contributed by atoms with Gasteiger partial charge in [-0.1, -0.05) is 0 Å². The zero-order valence-electron chi connectivity index (χ0n) is 11.9. The highest BCUT2D eigenvalue weighted by Crippen LogP contribution is 2.42. The van der Waals surface area contributed by atoms with Crippen molar-refractivity contribution in [2.24, 2.45) is 23.7 Å². The topological polar surface area (TPSA) is 38.7 Å². The molecule has 0 amide bonds. The molecule has 0 spiro atoms. The molecule has 0 unspecified atom stereocenters. The number of hydrogen-bond acceptors (Lipinski definition) is 3. The van der Waals surface area contributed by atoms with Gasteiger partial charge in [-0.15, -0.1) is 0 Å². The SMILES string of the molecule is OC[C@H]1CC[C@H]([C@H]2CC[C@H](C3OCCO3)CC2)CC1. The second kappa shape index (κ2) is 6.55. The third kappa shape index (κ3) is 3.32. The highest BCUT2D eigenvalue weighted by molar-refractivity contribution is 4.83. The maximum atomic E-state index is 9.22. The molecule has 1 saturated heterocycles. The predicted octanol–water partition coefficient (Wildman–Crippen LogP) is 2.96. The van der Waals surface area contributed by atoms with Crippen LogP contribution in [0, 0.1) is 23.7 Å². The van der Waals surface area contributed by atoms with Gasteiger partial charge in [-0.25, -0.2) is 0 Å². The Kier molecular flexibility index (Phi) is 4.78. The third-order valence-electron chi connectivity index (χ3n) is 5.67. The Morgan fingerprint density at radius 3 is 1.68 bits per heavy atom. The molecule has 2 aliphatic carbocycles. The fourth-order valence-corrected chi connectivity index (χ4v) is 4.38. The molecular formula is C16H28O3. The van der Waals surface area contributed by atoms with Crippen LogP contribution in [-0.4, -0.2) is 31.2 Å². The number of hydrogen-bond donors (Lipinski definition) is 1. The van der Waals surface area contributed by atoms with Gasteiger partial charge in [0.15, 0.2) is 6.29 Å². The Labute approximate surface area is 116 Å². The van der Waals surface area contributed by atoms with E-state index in [-0.39, 0.29) is 6.29 Å². The molecule has 1 heterocycles. The summed E-state index contributed by atoms with van der Waals surface area (Å²) in [6, 6.07) is 0. The van der Waals surface area contributed by atoms with E-state index in [0.29, 0.717) is 18.4 Å². The van der Waals surface area contributed by atoms with Crippen LogP contribution >= 0.6 is 0 Å². The first-order valence-electron chi connectivity index (χ1n) is 8.21. The van der Waals surface area contributed by atoms with Crippen LogP contribution in [0.25, 0.3) is 0 Å². The smallest absolute Gasteiger partial charge is 0.160 e. The average Bonchev–Trinajstić information content (AvgIpc) is 3.02. The summed E-state index contributed by atoms with van der Waals surface area (Å²) in [7, 11) is 0. The van der Waals surface area contributed by atoms with Crippen molar-refractivity contribution < 1.29 is 14.6 Å². The minimum absolute atomic E-state index is 0.103. The molecule has 1 aliphatic heterocycles. The van der Waals surface area contributed by atoms with E-state index in [0.717, 1.165) is 25.0 Å². The van der Waals surface area contributed by atoms with Crippen LogP contribution < -0.4 is 0 Å². The monoisotopic (exact) mass is 268 g/mol. The summed E-state index contributed by atoms with van der Waals surface area (Å²) < 4.78 is 11.3. The average molecular weight is 268 g/mol. The van der Waals surface area contributed by atoms with Crippen LogP contribution in [0.5, 0.6) is 0 Å². The van der Waals surface area contributed by atoms with Gasteiger partial charge >= 0.3 is 0 Å². The minimum atomic E-state index is 0.103. The van der Waals surface area contributed by atoms with Gasteiger partial charge in [-0.2, -0.15) is 0 Å². The van der Waals surface area contributed by atoms with Gasteiger partial charge in [0.05, 0.1) is 13.2 Å². The van der Waals surface area contributed by atoms with Crippen molar-refractivity contribution in [1.29, 1.82) is 0 Å². The molecule has 3 fully saturated rings. The van der Waals surface area contributed by atoms with Crippen LogP contribution in [0.15, 0.2) is 0 Å². The summed E-state index contributed by atoms with van der Waals surface area (Å²) in [6.07, 6.45) is 10.6. The first-order valence-corrected chi connectivity index (χ1v) is 8.21. The van der Waals surface area contributed by atoms with Crippen LogP contribution in [-0.2, 0) is 9.47 Å². The number of aliphatic hydroxyl groups is 1. The van der Waals surface area contributed by atoms with Crippen LogP contribution in [0.2, 0.25) is 0 Å². The first-order chi connectivity index (χ1) is 9.36. The minimum Gasteiger partial charge on any atom is -0.396 e. The molecule has 0 bridgehead atoms. The van der Waals surface area contributed by atoms with E-state index in [1.807, 2.05) is 0 Å². The molecule has 3 rings (SSSR count). The Morgan fingerprint density at radius 1 is 0.684 bits per heavy atom. The number of rotatable bonds is 3. The molecule has 3 nitrogen and oxygen atoms in total. The Morgan fingerprint density at radius 2 is 1.16 bits per heavy atom. The highest BCUT2D eigenvalue weighted by Gasteiger charge is 2.34. The molecule has 0 aromatic heterocycles. The molecule has 3 aliphatic rings. The molecule has 0 aromatic rings. The van der Waals surface area contributed by atoms with Gasteiger partial charge in [-0.3, -0.25) is 0 Å². The lowest BCUT2D eigenvalue weighted by atomic mass is 9.69. The van der Waals surface area contributed by atoms with Crippen LogP contribution in [0.4, 0.5) is 0 Å². The quantitative estimate of drug-likeness (QED) is 0.855. The van der Waals surface area contributed by atoms with Crippen molar-refractivity contribution in [2.75, 3.05) is 19.8 Å². The molecule has 2 saturated carbocycles. The van der Waals surface area contributed by atoms with E-state index < -0.39 is 0 Å². The van der Waals surface area contributed by atoms with Gasteiger partial charge in [0.25, 0.3) is 0 Å². The lowest BCUT2D eigenvalue weighted by Crippen LogP contribution is -2.31. The molecule has 19 heavy (non-hydrogen) atoms. The zero-order chi connectivity index (χ0) is 13.1. The summed E-state index contributed by atoms with van der Waals surface area (Å²) >= 11 is 0. The van der Waals surface area contributed by atoms with Crippen molar-refractivity contribution >= 4 is 0 Å². The highest BCUT2D eigenvalue weighted by atomic mass is 16.7. The van der Waals surface area contributed by atoms with Crippen molar-refractivity contribution in [2.45, 2.75) is 57.7 Å². The number of ether oxygens (including phenoxy) is 2. The van der Waals surface area contributed by atoms with E-state index in [9.17, 15) is 5.11 Å². The van der Waals surface area contributed by atoms with Crippen molar-refractivity contribution in [3.63, 3.8) is 0 Å². The molecule has 0 atom stereocenters. The van der Waals surface area contributed by atoms with E-state index in [2.05, 4.69) is 0 Å². The van der Waals surface area contributed by atoms with E-state index in [1.54, 1.807) is 0 Å². The Bertz CT molecular complexity index is 259. The van der Waals surface area contributed by atoms with E-state index in [4.69, 9.17) is 9.47 Å². The second-order valence-corrected chi connectivity index (χ2v) is 6.75. The third-order valence-corrected chi connectivity index (χ3v) is 5.67. The Hall–Kier alpha value is -0.120. The van der Waals surface area contributed by atoms with Gasteiger partial charge in [0.2, 0.25) is 0 Å². The van der Waals surface area contributed by atoms with Gasteiger partial charge in [-0.05, 0) is 69.1 Å². The molecule has 1 N–H and O–H groups in total. The summed E-state index contributed by atoms with van der Waals surface area (Å²) in [4.78, 5) is 0. The first kappa shape index (κ1) is 13.8. The predicted molar refractivity (Wildman–Crippen MR) is 73.7 cm³/mol. The molecule has 0 aromatic carbocycles. The number of aliphatic hydroxyl groups excluding tert-OH is 1. The maximum Gasteiger partial charge on any atom is 0.160 e. The molecular weight excluding hydrogens is 240 g/mol. The summed E-state index contributed by atoms with van der Waals surface area (Å²) in [6.45, 7) is 1.97. The van der Waals surface area contributed by atoms with E-state index in [1.165, 1.54) is 51.4 Å². The van der Waals surface area contributed by atoms with Crippen molar-refractivity contribution in [1.82, 2.24) is 0 Å². The Balaban J connectivity index is 1.42. The van der Waals surface area contributed by atoms with Crippen molar-refractivity contribution in [3.8, 4) is 0 Å². The fraction of sp³-hybridized carbons (Fsp3) is 1.00. The largest absolute Gasteiger partial charge is 0.396 e. The molecule has 110 valence electrons. The normalized spacial score (nSPS) is 41.5. The summed E-state index contributed by atoms with van der Waals surface area (Å²) in [5.74, 6) is 3.09. The van der Waals surface area contributed by atoms with Crippen LogP contribution in [0.3, 0.4) is 0 Å². The van der Waals surface area contributed by atoms with Crippen LogP contribution in [0.1, 0.15) is 51.4 Å². The van der Waals surface area contributed by atoms with E-state index >= 15 is 0 Å². The second-order valence-electron chi connectivity index (χ2n) is 6.75. The maximum absolute atomic E-state index is 9.22.